The van der Waals surface area contributed by atoms with Crippen LogP contribution in [0, 0.1) is 37.2 Å². The summed E-state index contributed by atoms with van der Waals surface area (Å²) in [5.74, 6) is -1.84. The van der Waals surface area contributed by atoms with Crippen molar-refractivity contribution in [2.24, 2.45) is 5.92 Å². The number of halogens is 4. The minimum absolute atomic E-state index is 0.0584. The smallest absolute Gasteiger partial charge is 0.141 e. The number of aromatic nitrogens is 2. The number of likely N-dealkylation sites (tertiary alicyclic amines) is 1. The Balaban J connectivity index is 1.35. The Labute approximate surface area is 233 Å². The summed E-state index contributed by atoms with van der Waals surface area (Å²) < 4.78 is 44.2. The highest BCUT2D eigenvalue weighted by Crippen LogP contribution is 2.38. The minimum Gasteiger partial charge on any atom is -0.378 e. The fraction of sp³-hybridized carbons (Fsp3) is 0.500. The van der Waals surface area contributed by atoms with Crippen LogP contribution in [0.15, 0.2) is 36.4 Å². The van der Waals surface area contributed by atoms with Crippen LogP contribution in [0.1, 0.15) is 66.5 Å². The second kappa shape index (κ2) is 12.0. The van der Waals surface area contributed by atoms with Crippen molar-refractivity contribution >= 4 is 11.6 Å². The third kappa shape index (κ3) is 5.89. The van der Waals surface area contributed by atoms with Gasteiger partial charge in [0.2, 0.25) is 0 Å². The largest absolute Gasteiger partial charge is 0.378 e. The maximum absolute atomic E-state index is 14.9. The first-order valence-electron chi connectivity index (χ1n) is 13.8. The first-order valence-corrected chi connectivity index (χ1v) is 14.2. The Hall–Kier alpha value is -2.39. The van der Waals surface area contributed by atoms with Gasteiger partial charge < -0.3 is 10.4 Å². The molecule has 9 heteroatoms. The van der Waals surface area contributed by atoms with Gasteiger partial charge in [-0.2, -0.15) is 5.10 Å². The fourth-order valence-corrected chi connectivity index (χ4v) is 6.54. The van der Waals surface area contributed by atoms with Gasteiger partial charge in [0.25, 0.3) is 0 Å². The number of aliphatic hydroxyl groups excluding tert-OH is 1. The predicted octanol–water partition coefficient (Wildman–Crippen LogP) is 6.23. The SMILES string of the molecule is Cc1nn(-c2ccc(F)c(Cl)c2)c(C2CCN(C(O)[C@@H]3CCCCNC[C@H]3c3ccc(F)cc3F)CC2)c1C. The normalized spacial score (nSPS) is 22.4. The highest BCUT2D eigenvalue weighted by atomic mass is 35.5. The van der Waals surface area contributed by atoms with E-state index in [-0.39, 0.29) is 22.8 Å². The zero-order valence-corrected chi connectivity index (χ0v) is 23.2. The van der Waals surface area contributed by atoms with Crippen molar-refractivity contribution < 1.29 is 18.3 Å². The molecule has 3 atom stereocenters. The molecule has 2 fully saturated rings. The van der Waals surface area contributed by atoms with E-state index in [1.165, 1.54) is 18.2 Å². The molecule has 2 aliphatic heterocycles. The summed E-state index contributed by atoms with van der Waals surface area (Å²) in [7, 11) is 0. The van der Waals surface area contributed by atoms with Crippen LogP contribution < -0.4 is 5.32 Å². The number of nitrogens with zero attached hydrogens (tertiary/aromatic N) is 3. The minimum atomic E-state index is -0.732. The van der Waals surface area contributed by atoms with Gasteiger partial charge in [0.05, 0.1) is 22.1 Å². The molecule has 2 saturated heterocycles. The molecule has 0 saturated carbocycles. The Morgan fingerprint density at radius 2 is 1.77 bits per heavy atom. The number of benzene rings is 2. The average Bonchev–Trinajstić information content (AvgIpc) is 3.20. The lowest BCUT2D eigenvalue weighted by molar-refractivity contribution is -0.0634. The number of rotatable bonds is 5. The van der Waals surface area contributed by atoms with Crippen molar-refractivity contribution in [1.82, 2.24) is 20.0 Å². The summed E-state index contributed by atoms with van der Waals surface area (Å²) >= 11 is 6.07. The lowest BCUT2D eigenvalue weighted by Crippen LogP contribution is -2.48. The van der Waals surface area contributed by atoms with E-state index in [0.29, 0.717) is 25.2 Å². The molecule has 0 spiro atoms. The van der Waals surface area contributed by atoms with Crippen LogP contribution in [-0.4, -0.2) is 52.2 Å². The Morgan fingerprint density at radius 1 is 1.00 bits per heavy atom. The number of nitrogens with one attached hydrogen (secondary N) is 1. The topological polar surface area (TPSA) is 53.3 Å². The van der Waals surface area contributed by atoms with Gasteiger partial charge >= 0.3 is 0 Å². The van der Waals surface area contributed by atoms with E-state index in [1.54, 1.807) is 12.1 Å². The standard InChI is InChI=1S/C30H36ClF3N4O/c1-18-19(2)36-38(22-7-9-27(33)26(31)16-22)29(18)20-10-13-37(14-11-20)30(39)24-5-3-4-12-35-17-25(24)23-8-6-21(32)15-28(23)34/h6-9,15-16,20,24-25,30,35,39H,3-5,10-14,17H2,1-2H3/t24-,25+,30?/m1/s1. The van der Waals surface area contributed by atoms with Crippen LogP contribution >= 0.6 is 11.6 Å². The molecule has 2 aliphatic rings. The van der Waals surface area contributed by atoms with Gasteiger partial charge in [-0.3, -0.25) is 4.90 Å². The summed E-state index contributed by atoms with van der Waals surface area (Å²) in [6.07, 6.45) is 3.61. The van der Waals surface area contributed by atoms with Crippen molar-refractivity contribution in [1.29, 1.82) is 0 Å². The van der Waals surface area contributed by atoms with Gasteiger partial charge in [-0.1, -0.05) is 24.1 Å². The number of hydrogen-bond donors (Lipinski definition) is 2. The molecule has 3 heterocycles. The summed E-state index contributed by atoms with van der Waals surface area (Å²) in [6.45, 7) is 6.78. The van der Waals surface area contributed by atoms with Crippen molar-refractivity contribution in [3.63, 3.8) is 0 Å². The van der Waals surface area contributed by atoms with Crippen LogP contribution in [0.3, 0.4) is 0 Å². The molecular weight excluding hydrogens is 525 g/mol. The van der Waals surface area contributed by atoms with Crippen molar-refractivity contribution in [3.05, 3.63) is 81.4 Å². The van der Waals surface area contributed by atoms with E-state index < -0.39 is 23.7 Å². The molecule has 1 aromatic heterocycles. The van der Waals surface area contributed by atoms with Crippen LogP contribution in [0.5, 0.6) is 0 Å². The summed E-state index contributed by atoms with van der Waals surface area (Å²) in [5, 5.41) is 19.8. The molecule has 0 amide bonds. The monoisotopic (exact) mass is 560 g/mol. The molecule has 5 rings (SSSR count). The Bertz CT molecular complexity index is 1310. The molecule has 0 aliphatic carbocycles. The third-order valence-corrected chi connectivity index (χ3v) is 8.90. The summed E-state index contributed by atoms with van der Waals surface area (Å²) in [4.78, 5) is 2.11. The molecular formula is C30H36ClF3N4O. The van der Waals surface area contributed by atoms with Gasteiger partial charge in [0.15, 0.2) is 0 Å². The third-order valence-electron chi connectivity index (χ3n) is 8.61. The van der Waals surface area contributed by atoms with E-state index in [9.17, 15) is 18.3 Å². The van der Waals surface area contributed by atoms with Crippen molar-refractivity contribution in [2.45, 2.75) is 64.0 Å². The van der Waals surface area contributed by atoms with Gasteiger partial charge in [0, 0.05) is 43.5 Å². The number of aryl methyl sites for hydroxylation is 1. The Morgan fingerprint density at radius 3 is 2.49 bits per heavy atom. The van der Waals surface area contributed by atoms with Crippen LogP contribution in [0.4, 0.5) is 13.2 Å². The maximum Gasteiger partial charge on any atom is 0.141 e. The number of hydrogen-bond acceptors (Lipinski definition) is 4. The predicted molar refractivity (Wildman–Crippen MR) is 147 cm³/mol. The molecule has 3 aromatic rings. The summed E-state index contributed by atoms with van der Waals surface area (Å²) in [5.41, 5.74) is 4.29. The van der Waals surface area contributed by atoms with E-state index in [0.717, 1.165) is 67.4 Å². The van der Waals surface area contributed by atoms with Crippen molar-refractivity contribution in [3.8, 4) is 5.69 Å². The van der Waals surface area contributed by atoms with E-state index >= 15 is 0 Å². The molecule has 2 aromatic carbocycles. The van der Waals surface area contributed by atoms with E-state index in [4.69, 9.17) is 16.7 Å². The lowest BCUT2D eigenvalue weighted by Gasteiger charge is -2.42. The number of piperidine rings is 1. The Kier molecular flexibility index (Phi) is 8.66. The van der Waals surface area contributed by atoms with Gasteiger partial charge in [-0.25, -0.2) is 17.9 Å². The second-order valence-corrected chi connectivity index (χ2v) is 11.4. The highest BCUT2D eigenvalue weighted by Gasteiger charge is 2.37. The molecule has 2 N–H and O–H groups in total. The van der Waals surface area contributed by atoms with Crippen LogP contribution in [0.25, 0.3) is 5.69 Å². The van der Waals surface area contributed by atoms with Crippen molar-refractivity contribution in [2.75, 3.05) is 26.2 Å². The molecule has 39 heavy (non-hydrogen) atoms. The first-order chi connectivity index (χ1) is 18.7. The van der Waals surface area contributed by atoms with Crippen LogP contribution in [-0.2, 0) is 0 Å². The maximum atomic E-state index is 14.9. The highest BCUT2D eigenvalue weighted by molar-refractivity contribution is 6.30. The quantitative estimate of drug-likeness (QED) is 0.388. The first kappa shape index (κ1) is 28.1. The molecule has 210 valence electrons. The van der Waals surface area contributed by atoms with Gasteiger partial charge in [-0.05, 0) is 81.5 Å². The fourth-order valence-electron chi connectivity index (χ4n) is 6.36. The molecule has 1 unspecified atom stereocenters. The number of aliphatic hydroxyl groups is 1. The average molecular weight is 561 g/mol. The van der Waals surface area contributed by atoms with E-state index in [2.05, 4.69) is 17.1 Å². The van der Waals surface area contributed by atoms with Gasteiger partial charge in [0.1, 0.15) is 23.7 Å². The molecule has 0 radical (unpaired) electrons. The zero-order valence-electron chi connectivity index (χ0n) is 22.4. The zero-order chi connectivity index (χ0) is 27.7. The summed E-state index contributed by atoms with van der Waals surface area (Å²) in [6, 6.07) is 8.41. The van der Waals surface area contributed by atoms with Gasteiger partial charge in [-0.15, -0.1) is 0 Å². The lowest BCUT2D eigenvalue weighted by atomic mass is 9.79. The molecule has 5 nitrogen and oxygen atoms in total. The van der Waals surface area contributed by atoms with E-state index in [1.807, 2.05) is 11.6 Å². The second-order valence-electron chi connectivity index (χ2n) is 11.0. The van der Waals surface area contributed by atoms with Crippen LogP contribution in [0.2, 0.25) is 5.02 Å². The molecule has 0 bridgehead atoms.